The number of rotatable bonds is 10. The molecule has 5 heteroatoms. The largest absolute Gasteiger partial charge is 0.457 e. The lowest BCUT2D eigenvalue weighted by atomic mass is 9.91. The summed E-state index contributed by atoms with van der Waals surface area (Å²) in [5.41, 5.74) is 16.7. The maximum atomic E-state index is 6.73. The molecule has 0 aliphatic carbocycles. The van der Waals surface area contributed by atoms with Gasteiger partial charge in [0.05, 0.1) is 11.0 Å². The molecule has 0 N–H and O–H groups in total. The number of nitrogens with zero attached hydrogens (tertiary/aromatic N) is 4. The Labute approximate surface area is 384 Å². The van der Waals surface area contributed by atoms with Crippen molar-refractivity contribution >= 4 is 46.1 Å². The van der Waals surface area contributed by atoms with Gasteiger partial charge in [-0.05, 0) is 80.8 Å². The second-order valence-corrected chi connectivity index (χ2v) is 16.4. The number of benzene rings is 8. The van der Waals surface area contributed by atoms with Crippen LogP contribution in [0.25, 0.3) is 108 Å². The molecular formula is C61H44N4O. The molecule has 0 radical (unpaired) electrons. The zero-order valence-corrected chi connectivity index (χ0v) is 36.6. The Bertz CT molecular complexity index is 3460. The minimum Gasteiger partial charge on any atom is -0.457 e. The van der Waals surface area contributed by atoms with Crippen LogP contribution in [0.15, 0.2) is 196 Å². The fourth-order valence-corrected chi connectivity index (χ4v) is 9.43. The van der Waals surface area contributed by atoms with Crippen molar-refractivity contribution in [3.63, 3.8) is 0 Å². The first-order chi connectivity index (χ1) is 32.5. The Morgan fingerprint density at radius 3 is 1.71 bits per heavy atom. The first-order valence-electron chi connectivity index (χ1n) is 22.2. The number of ether oxygens (including phenoxy) is 1. The Morgan fingerprint density at radius 2 is 1.11 bits per heavy atom. The van der Waals surface area contributed by atoms with Gasteiger partial charge in [0.15, 0.2) is 11.6 Å². The quantitative estimate of drug-likeness (QED) is 0.138. The number of para-hydroxylation sites is 1. The summed E-state index contributed by atoms with van der Waals surface area (Å²) in [7, 11) is 0. The summed E-state index contributed by atoms with van der Waals surface area (Å²) in [6.45, 7) is 14.6. The molecule has 8 aromatic carbocycles. The lowest BCUT2D eigenvalue weighted by Gasteiger charge is -2.24. The maximum Gasteiger partial charge on any atom is 0.238 e. The fourth-order valence-electron chi connectivity index (χ4n) is 9.43. The molecule has 0 bridgehead atoms. The van der Waals surface area contributed by atoms with E-state index in [1.165, 1.54) is 0 Å². The third kappa shape index (κ3) is 6.95. The summed E-state index contributed by atoms with van der Waals surface area (Å²) in [5, 5.41) is 2.08. The number of allylic oxidation sites excluding steroid dienone is 1. The Hall–Kier alpha value is -8.67. The SMILES string of the molecule is C=Cc1ccc2c(c1C=C)c1cccc(-c3ccc4c(c3)Oc3ccc(/C=C\C)c(C=C)c3C4)c1n2-c1nc(-c2ccc(-c3ccccc3)cc2)nc(-c2ccc(-c3ccccc3)cc2)n1. The highest BCUT2D eigenvalue weighted by atomic mass is 16.5. The summed E-state index contributed by atoms with van der Waals surface area (Å²) in [5.74, 6) is 3.31. The second-order valence-electron chi connectivity index (χ2n) is 16.4. The Kier molecular flexibility index (Phi) is 10.2. The van der Waals surface area contributed by atoms with E-state index in [0.717, 1.165) is 118 Å². The van der Waals surface area contributed by atoms with Crippen molar-refractivity contribution in [1.29, 1.82) is 0 Å². The number of hydrogen-bond donors (Lipinski definition) is 0. The monoisotopic (exact) mass is 848 g/mol. The third-order valence-electron chi connectivity index (χ3n) is 12.6. The van der Waals surface area contributed by atoms with Crippen LogP contribution in [0, 0.1) is 0 Å². The van der Waals surface area contributed by atoms with Crippen LogP contribution in [0.2, 0.25) is 0 Å². The van der Waals surface area contributed by atoms with E-state index in [2.05, 4.69) is 194 Å². The molecular weight excluding hydrogens is 805 g/mol. The van der Waals surface area contributed by atoms with Crippen molar-refractivity contribution < 1.29 is 4.74 Å². The van der Waals surface area contributed by atoms with Gasteiger partial charge in [-0.2, -0.15) is 9.97 Å². The molecule has 0 spiro atoms. The first-order valence-corrected chi connectivity index (χ1v) is 22.2. The fraction of sp³-hybridized carbons (Fsp3) is 0.0328. The zero-order valence-electron chi connectivity index (χ0n) is 36.6. The predicted octanol–water partition coefficient (Wildman–Crippen LogP) is 16.0. The van der Waals surface area contributed by atoms with Crippen LogP contribution in [0.3, 0.4) is 0 Å². The van der Waals surface area contributed by atoms with Gasteiger partial charge in [-0.15, -0.1) is 0 Å². The van der Waals surface area contributed by atoms with Crippen molar-refractivity contribution in [2.24, 2.45) is 0 Å². The summed E-state index contributed by atoms with van der Waals surface area (Å²) in [6.07, 6.45) is 10.7. The molecule has 0 amide bonds. The Morgan fingerprint density at radius 1 is 0.515 bits per heavy atom. The van der Waals surface area contributed by atoms with Crippen molar-refractivity contribution in [1.82, 2.24) is 19.5 Å². The summed E-state index contributed by atoms with van der Waals surface area (Å²) >= 11 is 0. The highest BCUT2D eigenvalue weighted by Crippen LogP contribution is 2.45. The average molecular weight is 849 g/mol. The van der Waals surface area contributed by atoms with Crippen molar-refractivity contribution in [2.75, 3.05) is 0 Å². The molecule has 314 valence electrons. The van der Waals surface area contributed by atoms with Gasteiger partial charge in [0, 0.05) is 39.4 Å². The smallest absolute Gasteiger partial charge is 0.238 e. The molecule has 2 aromatic heterocycles. The molecule has 5 nitrogen and oxygen atoms in total. The normalized spacial score (nSPS) is 11.9. The number of aromatic nitrogens is 4. The first kappa shape index (κ1) is 40.1. The van der Waals surface area contributed by atoms with E-state index in [9.17, 15) is 0 Å². The van der Waals surface area contributed by atoms with E-state index >= 15 is 0 Å². The van der Waals surface area contributed by atoms with E-state index in [1.54, 1.807) is 0 Å². The minimum absolute atomic E-state index is 0.500. The van der Waals surface area contributed by atoms with Crippen molar-refractivity contribution in [3.8, 4) is 73.6 Å². The standard InChI is InChI=1S/C61H44N4O/c1-5-16-44-34-36-55-53(49(44)7-3)37-48-32-31-47(38-56(48)66-55)51-21-15-22-52-57-50(8-4)39(6-2)33-35-54(57)65(58(51)52)61-63-59(45-27-23-42(24-28-45)40-17-11-9-12-18-40)62-60(64-61)46-29-25-43(26-30-46)41-19-13-10-14-20-41/h5-36,38H,2-4,37H2,1H3/b16-5-. The average Bonchev–Trinajstić information content (AvgIpc) is 3.73. The second kappa shape index (κ2) is 16.8. The van der Waals surface area contributed by atoms with Crippen molar-refractivity contribution in [2.45, 2.75) is 13.3 Å². The van der Waals surface area contributed by atoms with Crippen LogP contribution >= 0.6 is 0 Å². The van der Waals surface area contributed by atoms with Gasteiger partial charge in [-0.25, -0.2) is 4.98 Å². The molecule has 0 saturated carbocycles. The number of hydrogen-bond acceptors (Lipinski definition) is 4. The highest BCUT2D eigenvalue weighted by molar-refractivity contribution is 6.17. The van der Waals surface area contributed by atoms with Gasteiger partial charge in [-0.3, -0.25) is 4.57 Å². The van der Waals surface area contributed by atoms with E-state index in [0.29, 0.717) is 17.6 Å². The minimum atomic E-state index is 0.500. The summed E-state index contributed by atoms with van der Waals surface area (Å²) in [6, 6.07) is 59.1. The van der Waals surface area contributed by atoms with Crippen LogP contribution in [-0.4, -0.2) is 19.5 Å². The summed E-state index contributed by atoms with van der Waals surface area (Å²) in [4.78, 5) is 15.9. The van der Waals surface area contributed by atoms with Gasteiger partial charge in [-0.1, -0.05) is 202 Å². The zero-order chi connectivity index (χ0) is 44.7. The molecule has 10 aromatic rings. The molecule has 0 fully saturated rings. The molecule has 1 aliphatic heterocycles. The van der Waals surface area contributed by atoms with Crippen LogP contribution in [0.5, 0.6) is 11.5 Å². The summed E-state index contributed by atoms with van der Waals surface area (Å²) < 4.78 is 8.93. The van der Waals surface area contributed by atoms with Crippen molar-refractivity contribution in [3.05, 3.63) is 229 Å². The molecule has 3 heterocycles. The van der Waals surface area contributed by atoms with Gasteiger partial charge < -0.3 is 4.74 Å². The van der Waals surface area contributed by atoms with Gasteiger partial charge >= 0.3 is 0 Å². The lowest BCUT2D eigenvalue weighted by molar-refractivity contribution is 0.460. The number of fused-ring (bicyclic) bond motifs is 5. The third-order valence-corrected chi connectivity index (χ3v) is 12.6. The highest BCUT2D eigenvalue weighted by Gasteiger charge is 2.25. The van der Waals surface area contributed by atoms with Gasteiger partial charge in [0.2, 0.25) is 5.95 Å². The van der Waals surface area contributed by atoms with Gasteiger partial charge in [0.1, 0.15) is 11.5 Å². The van der Waals surface area contributed by atoms with E-state index < -0.39 is 0 Å². The van der Waals surface area contributed by atoms with E-state index in [1.807, 2.05) is 37.3 Å². The molecule has 0 unspecified atom stereocenters. The lowest BCUT2D eigenvalue weighted by Crippen LogP contribution is -2.07. The van der Waals surface area contributed by atoms with Crippen LogP contribution in [0.1, 0.15) is 40.3 Å². The molecule has 0 atom stereocenters. The van der Waals surface area contributed by atoms with E-state index in [4.69, 9.17) is 19.7 Å². The van der Waals surface area contributed by atoms with E-state index in [-0.39, 0.29) is 0 Å². The predicted molar refractivity (Wildman–Crippen MR) is 276 cm³/mol. The van der Waals surface area contributed by atoms with Gasteiger partial charge in [0.25, 0.3) is 0 Å². The topological polar surface area (TPSA) is 52.8 Å². The molecule has 11 rings (SSSR count). The molecule has 66 heavy (non-hydrogen) atoms. The maximum absolute atomic E-state index is 6.73. The van der Waals surface area contributed by atoms with Crippen LogP contribution in [-0.2, 0) is 6.42 Å². The molecule has 1 aliphatic rings. The Balaban J connectivity index is 1.13. The molecule has 0 saturated heterocycles. The van der Waals surface area contributed by atoms with Crippen LogP contribution < -0.4 is 4.74 Å². The van der Waals surface area contributed by atoms with Crippen LogP contribution in [0.4, 0.5) is 0 Å².